The Balaban J connectivity index is 1.62. The van der Waals surface area contributed by atoms with E-state index < -0.39 is 11.7 Å². The van der Waals surface area contributed by atoms with Crippen LogP contribution in [0, 0.1) is 0 Å². The Morgan fingerprint density at radius 2 is 1.82 bits per heavy atom. The molecule has 0 saturated carbocycles. The first-order valence-electron chi connectivity index (χ1n) is 12.7. The summed E-state index contributed by atoms with van der Waals surface area (Å²) >= 11 is 0. The molecule has 0 bridgehead atoms. The van der Waals surface area contributed by atoms with Gasteiger partial charge in [0.15, 0.2) is 5.65 Å². The van der Waals surface area contributed by atoms with E-state index in [4.69, 9.17) is 15.2 Å². The van der Waals surface area contributed by atoms with E-state index in [0.717, 1.165) is 28.6 Å². The summed E-state index contributed by atoms with van der Waals surface area (Å²) in [6, 6.07) is 16.6. The second-order valence-corrected chi connectivity index (χ2v) is 9.97. The quantitative estimate of drug-likeness (QED) is 0.314. The van der Waals surface area contributed by atoms with Gasteiger partial charge in [-0.1, -0.05) is 36.4 Å². The highest BCUT2D eigenvalue weighted by atomic mass is 16.4. The number of aromatic hydroxyl groups is 1. The highest BCUT2D eigenvalue weighted by Crippen LogP contribution is 2.38. The van der Waals surface area contributed by atoms with Crippen molar-refractivity contribution in [3.05, 3.63) is 95.1 Å². The normalized spacial score (nSPS) is 12.4. The Morgan fingerprint density at radius 1 is 1.02 bits per heavy atom. The summed E-state index contributed by atoms with van der Waals surface area (Å²) in [7, 11) is 4.04. The fourth-order valence-electron chi connectivity index (χ4n) is 5.14. The molecule has 4 heterocycles. The van der Waals surface area contributed by atoms with Crippen molar-refractivity contribution in [2.45, 2.75) is 19.5 Å². The van der Waals surface area contributed by atoms with E-state index in [2.05, 4.69) is 32.0 Å². The zero-order chi connectivity index (χ0) is 28.0. The molecule has 2 aromatic carbocycles. The predicted molar refractivity (Wildman–Crippen MR) is 154 cm³/mol. The number of nitrogens with two attached hydrogens (primary N) is 1. The van der Waals surface area contributed by atoms with Crippen LogP contribution in [0.15, 0.2) is 82.5 Å². The lowest BCUT2D eigenvalue weighted by Gasteiger charge is -2.19. The van der Waals surface area contributed by atoms with Crippen LogP contribution in [-0.2, 0) is 6.54 Å². The van der Waals surface area contributed by atoms with E-state index in [0.29, 0.717) is 33.4 Å². The van der Waals surface area contributed by atoms with Gasteiger partial charge in [0, 0.05) is 29.3 Å². The average molecular weight is 534 g/mol. The van der Waals surface area contributed by atoms with Gasteiger partial charge < -0.3 is 20.2 Å². The van der Waals surface area contributed by atoms with Gasteiger partial charge in [-0.3, -0.25) is 4.98 Å². The number of anilines is 1. The molecule has 0 aliphatic rings. The number of hydrogen-bond acceptors (Lipinski definition) is 9. The summed E-state index contributed by atoms with van der Waals surface area (Å²) in [4.78, 5) is 28.1. The first-order valence-corrected chi connectivity index (χ1v) is 12.7. The van der Waals surface area contributed by atoms with E-state index >= 15 is 0 Å². The van der Waals surface area contributed by atoms with Crippen molar-refractivity contribution in [2.24, 2.45) is 0 Å². The number of nitrogen functional groups attached to an aromatic ring is 1. The molecule has 40 heavy (non-hydrogen) atoms. The number of hydrogen-bond donors (Lipinski definition) is 2. The second kappa shape index (κ2) is 9.90. The maximum atomic E-state index is 13.2. The number of aromatic nitrogens is 5. The minimum absolute atomic E-state index is 0.0101. The van der Waals surface area contributed by atoms with Crippen LogP contribution < -0.4 is 11.4 Å². The topological polar surface area (TPSA) is 136 Å². The molecule has 0 spiro atoms. The van der Waals surface area contributed by atoms with Gasteiger partial charge in [0.2, 0.25) is 0 Å². The van der Waals surface area contributed by atoms with Crippen LogP contribution in [0.25, 0.3) is 44.2 Å². The Labute approximate surface area is 229 Å². The summed E-state index contributed by atoms with van der Waals surface area (Å²) in [5, 5.41) is 16.7. The minimum atomic E-state index is -0.569. The molecule has 0 aliphatic carbocycles. The van der Waals surface area contributed by atoms with Crippen molar-refractivity contribution < 1.29 is 9.52 Å². The first-order chi connectivity index (χ1) is 19.3. The van der Waals surface area contributed by atoms with E-state index in [1.807, 2.05) is 51.4 Å². The summed E-state index contributed by atoms with van der Waals surface area (Å²) in [6.07, 6.45) is 4.29. The van der Waals surface area contributed by atoms with Crippen molar-refractivity contribution in [2.75, 3.05) is 19.8 Å². The Hall–Kier alpha value is -5.09. The molecule has 200 valence electrons. The predicted octanol–water partition coefficient (Wildman–Crippen LogP) is 4.62. The molecule has 0 radical (unpaired) electrons. The van der Waals surface area contributed by atoms with Gasteiger partial charge in [-0.25, -0.2) is 19.4 Å². The van der Waals surface area contributed by atoms with Crippen LogP contribution in [0.4, 0.5) is 5.82 Å². The van der Waals surface area contributed by atoms with Gasteiger partial charge in [0.1, 0.15) is 35.4 Å². The molecule has 6 rings (SSSR count). The zero-order valence-electron chi connectivity index (χ0n) is 22.2. The molecule has 0 aliphatic heterocycles. The highest BCUT2D eigenvalue weighted by molar-refractivity contribution is 5.99. The van der Waals surface area contributed by atoms with E-state index in [9.17, 15) is 9.90 Å². The van der Waals surface area contributed by atoms with Crippen LogP contribution >= 0.6 is 0 Å². The Morgan fingerprint density at radius 3 is 2.60 bits per heavy atom. The van der Waals surface area contributed by atoms with Crippen LogP contribution in [0.1, 0.15) is 24.3 Å². The van der Waals surface area contributed by atoms with Crippen molar-refractivity contribution >= 4 is 27.6 Å². The third-order valence-corrected chi connectivity index (χ3v) is 6.84. The van der Waals surface area contributed by atoms with Gasteiger partial charge in [-0.2, -0.15) is 5.10 Å². The molecular weight excluding hydrogens is 506 g/mol. The molecule has 4 aromatic heterocycles. The maximum absolute atomic E-state index is 13.2. The number of benzene rings is 2. The molecule has 10 nitrogen and oxygen atoms in total. The van der Waals surface area contributed by atoms with E-state index in [1.165, 1.54) is 12.5 Å². The van der Waals surface area contributed by atoms with Crippen LogP contribution in [-0.4, -0.2) is 48.8 Å². The summed E-state index contributed by atoms with van der Waals surface area (Å²) in [6.45, 7) is 2.66. The monoisotopic (exact) mass is 533 g/mol. The van der Waals surface area contributed by atoms with Crippen LogP contribution in [0.2, 0.25) is 0 Å². The minimum Gasteiger partial charge on any atom is -0.506 e. The molecule has 0 saturated heterocycles. The summed E-state index contributed by atoms with van der Waals surface area (Å²) in [5.74, 6) is 0.662. The third-order valence-electron chi connectivity index (χ3n) is 6.84. The SMILES string of the molecule is CC(c1oc(=O)c2ccccc2c1-c1cccc(CN(C)C)c1)n1nc(-c2cncc(O)c2)c2c(N)ncnc21. The van der Waals surface area contributed by atoms with E-state index in [-0.39, 0.29) is 11.6 Å². The van der Waals surface area contributed by atoms with Gasteiger partial charge in [-0.15, -0.1) is 0 Å². The van der Waals surface area contributed by atoms with Crippen LogP contribution in [0.5, 0.6) is 5.75 Å². The standard InChI is InChI=1S/C30H27N7O3/c1-17(37-29-25(28(31)33-16-34-29)26(35-37)20-12-21(38)14-32-13-20)27-24(19-8-6-7-18(11-19)15-36(2)3)22-9-4-5-10-23(22)30(39)40-27/h4-14,16-17,38H,15H2,1-3H3,(H2,31,33,34). The number of fused-ring (bicyclic) bond motifs is 2. The van der Waals surface area contributed by atoms with Gasteiger partial charge >= 0.3 is 5.63 Å². The van der Waals surface area contributed by atoms with Crippen molar-refractivity contribution in [1.82, 2.24) is 29.6 Å². The summed E-state index contributed by atoms with van der Waals surface area (Å²) in [5.41, 5.74) is 10.2. The molecule has 10 heteroatoms. The average Bonchev–Trinajstić information content (AvgIpc) is 3.33. The van der Waals surface area contributed by atoms with Crippen molar-refractivity contribution in [3.63, 3.8) is 0 Å². The Bertz CT molecular complexity index is 1940. The smallest absolute Gasteiger partial charge is 0.343 e. The molecule has 0 fully saturated rings. The van der Waals surface area contributed by atoms with E-state index in [1.54, 1.807) is 23.0 Å². The Kier molecular flexibility index (Phi) is 6.24. The van der Waals surface area contributed by atoms with Crippen molar-refractivity contribution in [3.8, 4) is 28.1 Å². The molecule has 6 aromatic rings. The first kappa shape index (κ1) is 25.2. The van der Waals surface area contributed by atoms with Gasteiger partial charge in [0.25, 0.3) is 0 Å². The zero-order valence-corrected chi connectivity index (χ0v) is 22.2. The summed E-state index contributed by atoms with van der Waals surface area (Å²) < 4.78 is 7.75. The lowest BCUT2D eigenvalue weighted by Crippen LogP contribution is -2.15. The second-order valence-electron chi connectivity index (χ2n) is 9.97. The highest BCUT2D eigenvalue weighted by Gasteiger charge is 2.27. The van der Waals surface area contributed by atoms with Gasteiger partial charge in [0.05, 0.1) is 17.0 Å². The van der Waals surface area contributed by atoms with Crippen LogP contribution in [0.3, 0.4) is 0 Å². The largest absolute Gasteiger partial charge is 0.506 e. The van der Waals surface area contributed by atoms with Gasteiger partial charge in [-0.05, 0) is 50.3 Å². The molecule has 3 N–H and O–H groups in total. The maximum Gasteiger partial charge on any atom is 0.343 e. The lowest BCUT2D eigenvalue weighted by atomic mass is 9.94. The molecule has 1 atom stereocenters. The van der Waals surface area contributed by atoms with Crippen molar-refractivity contribution in [1.29, 1.82) is 0 Å². The number of pyridine rings is 1. The number of nitrogens with zero attached hydrogens (tertiary/aromatic N) is 6. The fraction of sp³-hybridized carbons (Fsp3) is 0.167. The molecular formula is C30H27N7O3. The fourth-order valence-corrected chi connectivity index (χ4v) is 5.14. The molecule has 1 unspecified atom stereocenters. The third kappa shape index (κ3) is 4.34. The lowest BCUT2D eigenvalue weighted by molar-refractivity contribution is 0.402. The number of rotatable bonds is 6. The molecule has 0 amide bonds.